The van der Waals surface area contributed by atoms with Gasteiger partial charge in [-0.05, 0) is 25.0 Å². The lowest BCUT2D eigenvalue weighted by Crippen LogP contribution is -2.46. The zero-order valence-electron chi connectivity index (χ0n) is 15.7. The molecule has 0 saturated heterocycles. The first kappa shape index (κ1) is 20.0. The first-order valence-electron chi connectivity index (χ1n) is 8.54. The fraction of sp³-hybridized carbons (Fsp3) is 0.316. The second-order valence-electron chi connectivity index (χ2n) is 6.33. The van der Waals surface area contributed by atoms with Crippen LogP contribution in [0.15, 0.2) is 41.1 Å². The van der Waals surface area contributed by atoms with Gasteiger partial charge in [0.1, 0.15) is 11.8 Å². The summed E-state index contributed by atoms with van der Waals surface area (Å²) in [6, 6.07) is 8.47. The Hall–Kier alpha value is -3.29. The molecule has 0 aliphatic rings. The number of amides is 2. The molecule has 0 radical (unpaired) electrons. The molecule has 2 rings (SSSR count). The molecule has 0 spiro atoms. The van der Waals surface area contributed by atoms with Crippen molar-refractivity contribution >= 4 is 17.5 Å². The number of hydrogen-bond acceptors (Lipinski definition) is 6. The number of likely N-dealkylation sites (N-methyl/N-ethyl adjacent to an activating group) is 1. The molecule has 1 heterocycles. The Morgan fingerprint density at radius 1 is 1.33 bits per heavy atom. The summed E-state index contributed by atoms with van der Waals surface area (Å²) in [5.41, 5.74) is 14.1. The standard InChI is InChI=1S/C19H25N5O3/c1-12-8-16(27-23-12)9-18(25)24(3)13(2)19(26)22-11-14-4-6-15(7-5-14)17(21)10-20/h4-8,10,13H,9,11,20-21H2,1-3H3,(H,22,26)/b17-10-. The van der Waals surface area contributed by atoms with Crippen molar-refractivity contribution in [2.45, 2.75) is 32.9 Å². The van der Waals surface area contributed by atoms with Crippen LogP contribution in [0, 0.1) is 6.92 Å². The van der Waals surface area contributed by atoms with Crippen LogP contribution in [0.3, 0.4) is 0 Å². The van der Waals surface area contributed by atoms with Gasteiger partial charge in [-0.1, -0.05) is 29.4 Å². The Bertz CT molecular complexity index is 826. The summed E-state index contributed by atoms with van der Waals surface area (Å²) in [5.74, 6) is 0.00935. The van der Waals surface area contributed by atoms with Gasteiger partial charge in [0, 0.05) is 25.9 Å². The van der Waals surface area contributed by atoms with Crippen molar-refractivity contribution in [2.24, 2.45) is 11.5 Å². The Morgan fingerprint density at radius 3 is 2.56 bits per heavy atom. The number of benzene rings is 1. The molecule has 2 aromatic rings. The first-order valence-corrected chi connectivity index (χ1v) is 8.54. The number of carbonyl (C=O) groups excluding carboxylic acids is 2. The predicted octanol–water partition coefficient (Wildman–Crippen LogP) is 0.905. The number of aromatic nitrogens is 1. The van der Waals surface area contributed by atoms with E-state index in [1.165, 1.54) is 11.1 Å². The third-order valence-electron chi connectivity index (χ3n) is 4.29. The predicted molar refractivity (Wildman–Crippen MR) is 102 cm³/mol. The molecule has 1 unspecified atom stereocenters. The molecular weight excluding hydrogens is 346 g/mol. The van der Waals surface area contributed by atoms with E-state index in [1.54, 1.807) is 27.0 Å². The average molecular weight is 371 g/mol. The minimum absolute atomic E-state index is 0.0620. The maximum Gasteiger partial charge on any atom is 0.242 e. The second kappa shape index (κ2) is 8.88. The van der Waals surface area contributed by atoms with Gasteiger partial charge >= 0.3 is 0 Å². The number of rotatable bonds is 7. The lowest BCUT2D eigenvalue weighted by molar-refractivity contribution is -0.138. The third-order valence-corrected chi connectivity index (χ3v) is 4.29. The van der Waals surface area contributed by atoms with Crippen molar-refractivity contribution in [3.8, 4) is 0 Å². The zero-order chi connectivity index (χ0) is 20.0. The van der Waals surface area contributed by atoms with Crippen molar-refractivity contribution in [2.75, 3.05) is 7.05 Å². The van der Waals surface area contributed by atoms with Crippen LogP contribution in [-0.2, 0) is 22.6 Å². The first-order chi connectivity index (χ1) is 12.8. The molecule has 5 N–H and O–H groups in total. The van der Waals surface area contributed by atoms with Gasteiger partial charge in [-0.3, -0.25) is 9.59 Å². The van der Waals surface area contributed by atoms with E-state index < -0.39 is 6.04 Å². The summed E-state index contributed by atoms with van der Waals surface area (Å²) >= 11 is 0. The van der Waals surface area contributed by atoms with E-state index in [0.717, 1.165) is 11.1 Å². The molecule has 2 amide bonds. The van der Waals surface area contributed by atoms with Gasteiger partial charge in [-0.15, -0.1) is 0 Å². The average Bonchev–Trinajstić information content (AvgIpc) is 3.09. The van der Waals surface area contributed by atoms with Crippen LogP contribution in [0.5, 0.6) is 0 Å². The van der Waals surface area contributed by atoms with E-state index in [4.69, 9.17) is 16.0 Å². The van der Waals surface area contributed by atoms with Gasteiger partial charge in [0.15, 0.2) is 0 Å². The van der Waals surface area contributed by atoms with E-state index in [-0.39, 0.29) is 18.2 Å². The summed E-state index contributed by atoms with van der Waals surface area (Å²) in [7, 11) is 1.59. The molecule has 8 heteroatoms. The molecule has 1 atom stereocenters. The van der Waals surface area contributed by atoms with Gasteiger partial charge in [0.05, 0.1) is 17.8 Å². The van der Waals surface area contributed by atoms with Crippen LogP contribution in [-0.4, -0.2) is 35.0 Å². The Morgan fingerprint density at radius 2 is 2.00 bits per heavy atom. The van der Waals surface area contributed by atoms with Crippen molar-refractivity contribution in [3.63, 3.8) is 0 Å². The van der Waals surface area contributed by atoms with Gasteiger partial charge in [-0.2, -0.15) is 0 Å². The van der Waals surface area contributed by atoms with Crippen LogP contribution in [0.1, 0.15) is 29.5 Å². The second-order valence-corrected chi connectivity index (χ2v) is 6.33. The molecule has 0 saturated carbocycles. The molecule has 0 aliphatic heterocycles. The summed E-state index contributed by atoms with van der Waals surface area (Å²) < 4.78 is 5.05. The number of nitrogens with two attached hydrogens (primary N) is 2. The SMILES string of the molecule is Cc1cc(CC(=O)N(C)C(C)C(=O)NCc2ccc(/C(N)=C/N)cc2)on1. The minimum atomic E-state index is -0.614. The Labute approximate surface area is 158 Å². The number of hydrogen-bond donors (Lipinski definition) is 3. The van der Waals surface area contributed by atoms with E-state index in [1.807, 2.05) is 24.3 Å². The molecule has 144 valence electrons. The molecule has 1 aromatic heterocycles. The van der Waals surface area contributed by atoms with Crippen LogP contribution in [0.25, 0.3) is 5.70 Å². The zero-order valence-corrected chi connectivity index (χ0v) is 15.7. The smallest absolute Gasteiger partial charge is 0.242 e. The molecule has 0 aliphatic carbocycles. The van der Waals surface area contributed by atoms with E-state index >= 15 is 0 Å². The number of nitrogens with zero attached hydrogens (tertiary/aromatic N) is 2. The largest absolute Gasteiger partial charge is 0.403 e. The van der Waals surface area contributed by atoms with Crippen molar-refractivity contribution in [1.82, 2.24) is 15.4 Å². The van der Waals surface area contributed by atoms with E-state index in [2.05, 4.69) is 10.5 Å². The topological polar surface area (TPSA) is 127 Å². The Kier molecular flexibility index (Phi) is 6.59. The molecule has 27 heavy (non-hydrogen) atoms. The van der Waals surface area contributed by atoms with Crippen molar-refractivity contribution < 1.29 is 14.1 Å². The van der Waals surface area contributed by atoms with E-state index in [0.29, 0.717) is 23.7 Å². The van der Waals surface area contributed by atoms with Gasteiger partial charge in [0.25, 0.3) is 0 Å². The normalized spacial score (nSPS) is 12.5. The highest BCUT2D eigenvalue weighted by atomic mass is 16.5. The minimum Gasteiger partial charge on any atom is -0.403 e. The molecular formula is C19H25N5O3. The summed E-state index contributed by atoms with van der Waals surface area (Å²) in [6.07, 6.45) is 1.40. The highest BCUT2D eigenvalue weighted by molar-refractivity contribution is 5.87. The summed E-state index contributed by atoms with van der Waals surface area (Å²) in [5, 5.41) is 6.58. The monoisotopic (exact) mass is 371 g/mol. The van der Waals surface area contributed by atoms with Crippen LogP contribution >= 0.6 is 0 Å². The summed E-state index contributed by atoms with van der Waals surface area (Å²) in [6.45, 7) is 3.80. The quantitative estimate of drug-likeness (QED) is 0.664. The Balaban J connectivity index is 1.87. The van der Waals surface area contributed by atoms with Crippen LogP contribution in [0.4, 0.5) is 0 Å². The van der Waals surface area contributed by atoms with Gasteiger partial charge in [-0.25, -0.2) is 0 Å². The number of aryl methyl sites for hydroxylation is 1. The molecule has 1 aromatic carbocycles. The highest BCUT2D eigenvalue weighted by Crippen LogP contribution is 2.10. The fourth-order valence-electron chi connectivity index (χ4n) is 2.41. The van der Waals surface area contributed by atoms with Gasteiger partial charge in [0.2, 0.25) is 11.8 Å². The van der Waals surface area contributed by atoms with E-state index in [9.17, 15) is 9.59 Å². The third kappa shape index (κ3) is 5.34. The lowest BCUT2D eigenvalue weighted by Gasteiger charge is -2.23. The highest BCUT2D eigenvalue weighted by Gasteiger charge is 2.23. The summed E-state index contributed by atoms with van der Waals surface area (Å²) in [4.78, 5) is 26.0. The lowest BCUT2D eigenvalue weighted by atomic mass is 10.1. The van der Waals surface area contributed by atoms with Crippen LogP contribution < -0.4 is 16.8 Å². The molecule has 0 fully saturated rings. The van der Waals surface area contributed by atoms with Crippen molar-refractivity contribution in [1.29, 1.82) is 0 Å². The number of nitrogens with one attached hydrogen (secondary N) is 1. The molecule has 8 nitrogen and oxygen atoms in total. The van der Waals surface area contributed by atoms with Crippen molar-refractivity contribution in [3.05, 3.63) is 59.1 Å². The molecule has 0 bridgehead atoms. The maximum absolute atomic E-state index is 12.4. The number of carbonyl (C=O) groups is 2. The fourth-order valence-corrected chi connectivity index (χ4v) is 2.41. The van der Waals surface area contributed by atoms with Gasteiger partial charge < -0.3 is 26.2 Å². The van der Waals surface area contributed by atoms with Crippen LogP contribution in [0.2, 0.25) is 0 Å². The maximum atomic E-state index is 12.4.